The topological polar surface area (TPSA) is 62.5 Å². The fourth-order valence-electron chi connectivity index (χ4n) is 3.46. The van der Waals surface area contributed by atoms with Crippen LogP contribution in [-0.2, 0) is 6.54 Å². The van der Waals surface area contributed by atoms with Crippen LogP contribution in [0.1, 0.15) is 36.7 Å². The molecule has 2 aliphatic rings. The van der Waals surface area contributed by atoms with Gasteiger partial charge in [-0.2, -0.15) is 4.52 Å². The second kappa shape index (κ2) is 6.34. The summed E-state index contributed by atoms with van der Waals surface area (Å²) in [7, 11) is 0. The number of hydrogen-bond donors (Lipinski definition) is 0. The second-order valence-electron chi connectivity index (χ2n) is 6.89. The Balaban J connectivity index is 1.33. The molecule has 0 atom stereocenters. The fourth-order valence-corrected chi connectivity index (χ4v) is 4.01. The summed E-state index contributed by atoms with van der Waals surface area (Å²) in [4.78, 5) is 9.29. The molecule has 2 fully saturated rings. The number of aromatic nitrogens is 5. The third kappa shape index (κ3) is 3.11. The monoisotopic (exact) mass is 355 g/mol. The Kier molecular flexibility index (Phi) is 3.86. The van der Waals surface area contributed by atoms with E-state index >= 15 is 0 Å². The van der Waals surface area contributed by atoms with Crippen molar-refractivity contribution in [2.75, 3.05) is 31.1 Å². The Morgan fingerprint density at radius 2 is 2.04 bits per heavy atom. The fraction of sp³-hybridized carbons (Fsp3) is 0.529. The third-order valence-corrected chi connectivity index (χ3v) is 5.63. The molecule has 0 unspecified atom stereocenters. The second-order valence-corrected chi connectivity index (χ2v) is 7.61. The van der Waals surface area contributed by atoms with Crippen LogP contribution in [0.5, 0.6) is 0 Å². The molecule has 7 nitrogen and oxygen atoms in total. The highest BCUT2D eigenvalue weighted by molar-refractivity contribution is 7.07. The maximum Gasteiger partial charge on any atom is 0.178 e. The number of anilines is 1. The summed E-state index contributed by atoms with van der Waals surface area (Å²) < 4.78 is 1.95. The van der Waals surface area contributed by atoms with E-state index in [2.05, 4.69) is 36.4 Å². The van der Waals surface area contributed by atoms with Gasteiger partial charge >= 0.3 is 0 Å². The van der Waals surface area contributed by atoms with E-state index < -0.39 is 0 Å². The van der Waals surface area contributed by atoms with E-state index in [0.29, 0.717) is 5.92 Å². The van der Waals surface area contributed by atoms with Gasteiger partial charge in [-0.15, -0.1) is 26.6 Å². The molecular formula is C17H21N7S. The third-order valence-electron chi connectivity index (χ3n) is 5.00. The number of hydrogen-bond acceptors (Lipinski definition) is 7. The minimum absolute atomic E-state index is 0.551. The SMILES string of the molecule is c1nc(CN2CCCN(c3ccc4nnc(C5CC5)n4n3)CC2)cs1. The van der Waals surface area contributed by atoms with Crippen molar-refractivity contribution in [2.24, 2.45) is 0 Å². The summed E-state index contributed by atoms with van der Waals surface area (Å²) in [6.45, 7) is 5.11. The van der Waals surface area contributed by atoms with Gasteiger partial charge in [-0.1, -0.05) is 0 Å². The molecule has 4 heterocycles. The van der Waals surface area contributed by atoms with Gasteiger partial charge in [0.2, 0.25) is 0 Å². The van der Waals surface area contributed by atoms with Crippen LogP contribution in [0, 0.1) is 0 Å². The average molecular weight is 355 g/mol. The van der Waals surface area contributed by atoms with Gasteiger partial charge in [0.15, 0.2) is 11.5 Å². The molecule has 1 aliphatic heterocycles. The van der Waals surface area contributed by atoms with Crippen molar-refractivity contribution in [3.05, 3.63) is 34.5 Å². The van der Waals surface area contributed by atoms with Crippen molar-refractivity contribution in [3.63, 3.8) is 0 Å². The molecule has 0 radical (unpaired) electrons. The zero-order chi connectivity index (χ0) is 16.6. The Labute approximate surface area is 150 Å². The predicted octanol–water partition coefficient (Wildman–Crippen LogP) is 2.17. The normalized spacial score (nSPS) is 19.4. The van der Waals surface area contributed by atoms with Gasteiger partial charge in [0.05, 0.1) is 11.2 Å². The Morgan fingerprint density at radius 3 is 2.88 bits per heavy atom. The van der Waals surface area contributed by atoms with Gasteiger partial charge in [-0.25, -0.2) is 4.98 Å². The molecule has 3 aromatic rings. The molecule has 130 valence electrons. The van der Waals surface area contributed by atoms with Gasteiger partial charge in [0.1, 0.15) is 5.82 Å². The Hall–Kier alpha value is -2.06. The first-order chi connectivity index (χ1) is 12.4. The molecular weight excluding hydrogens is 334 g/mol. The van der Waals surface area contributed by atoms with Crippen LogP contribution < -0.4 is 4.90 Å². The van der Waals surface area contributed by atoms with E-state index in [1.54, 1.807) is 11.3 Å². The molecule has 1 saturated carbocycles. The highest BCUT2D eigenvalue weighted by Crippen LogP contribution is 2.38. The smallest absolute Gasteiger partial charge is 0.178 e. The zero-order valence-electron chi connectivity index (χ0n) is 14.1. The highest BCUT2D eigenvalue weighted by atomic mass is 32.1. The maximum atomic E-state index is 4.85. The van der Waals surface area contributed by atoms with Crippen molar-refractivity contribution in [1.29, 1.82) is 0 Å². The van der Waals surface area contributed by atoms with Gasteiger partial charge < -0.3 is 4.90 Å². The largest absolute Gasteiger partial charge is 0.354 e. The lowest BCUT2D eigenvalue weighted by atomic mass is 10.3. The molecule has 0 bridgehead atoms. The molecule has 1 saturated heterocycles. The molecule has 5 rings (SSSR count). The predicted molar refractivity (Wildman–Crippen MR) is 97.0 cm³/mol. The molecule has 1 aliphatic carbocycles. The Morgan fingerprint density at radius 1 is 1.08 bits per heavy atom. The van der Waals surface area contributed by atoms with Crippen molar-refractivity contribution in [1.82, 2.24) is 29.7 Å². The first-order valence-electron chi connectivity index (χ1n) is 8.93. The number of nitrogens with zero attached hydrogens (tertiary/aromatic N) is 7. The molecule has 0 amide bonds. The minimum Gasteiger partial charge on any atom is -0.354 e. The lowest BCUT2D eigenvalue weighted by Crippen LogP contribution is -2.31. The van der Waals surface area contributed by atoms with Gasteiger partial charge in [-0.05, 0) is 31.4 Å². The highest BCUT2D eigenvalue weighted by Gasteiger charge is 2.29. The van der Waals surface area contributed by atoms with E-state index in [0.717, 1.165) is 56.4 Å². The Bertz CT molecular complexity index is 855. The number of thiazole rings is 1. The van der Waals surface area contributed by atoms with Gasteiger partial charge in [0, 0.05) is 44.0 Å². The molecule has 0 N–H and O–H groups in total. The lowest BCUT2D eigenvalue weighted by molar-refractivity contribution is 0.282. The summed E-state index contributed by atoms with van der Waals surface area (Å²) in [6.07, 6.45) is 3.56. The summed E-state index contributed by atoms with van der Waals surface area (Å²) >= 11 is 1.67. The van der Waals surface area contributed by atoms with Crippen LogP contribution in [0.3, 0.4) is 0 Å². The first kappa shape index (κ1) is 15.2. The van der Waals surface area contributed by atoms with Crippen molar-refractivity contribution in [2.45, 2.75) is 31.7 Å². The van der Waals surface area contributed by atoms with Crippen molar-refractivity contribution < 1.29 is 0 Å². The van der Waals surface area contributed by atoms with Crippen molar-refractivity contribution >= 4 is 22.8 Å². The van der Waals surface area contributed by atoms with Crippen LogP contribution in [0.25, 0.3) is 5.65 Å². The molecule has 25 heavy (non-hydrogen) atoms. The van der Waals surface area contributed by atoms with Gasteiger partial charge in [-0.3, -0.25) is 4.90 Å². The van der Waals surface area contributed by atoms with Crippen molar-refractivity contribution in [3.8, 4) is 0 Å². The molecule has 0 spiro atoms. The quantitative estimate of drug-likeness (QED) is 0.715. The van der Waals surface area contributed by atoms with Crippen LogP contribution in [0.2, 0.25) is 0 Å². The van der Waals surface area contributed by atoms with Crippen LogP contribution in [0.4, 0.5) is 5.82 Å². The van der Waals surface area contributed by atoms with E-state index in [1.807, 2.05) is 16.1 Å². The van der Waals surface area contributed by atoms with E-state index in [4.69, 9.17) is 5.10 Å². The summed E-state index contributed by atoms with van der Waals surface area (Å²) in [6, 6.07) is 4.12. The average Bonchev–Trinajstić information content (AvgIpc) is 3.26. The van der Waals surface area contributed by atoms with Crippen LogP contribution in [0.15, 0.2) is 23.0 Å². The lowest BCUT2D eigenvalue weighted by Gasteiger charge is -2.22. The number of rotatable bonds is 4. The standard InChI is InChI=1S/C17H21N7S/c1-6-22(10-14-11-25-12-18-14)8-9-23(7-1)16-5-4-15-19-20-17(13-2-3-13)24(15)21-16/h4-5,11-13H,1-3,6-10H2. The maximum absolute atomic E-state index is 4.85. The van der Waals surface area contributed by atoms with E-state index in [-0.39, 0.29) is 0 Å². The number of fused-ring (bicyclic) bond motifs is 1. The molecule has 3 aromatic heterocycles. The first-order valence-corrected chi connectivity index (χ1v) is 9.88. The van der Waals surface area contributed by atoms with E-state index in [9.17, 15) is 0 Å². The minimum atomic E-state index is 0.551. The van der Waals surface area contributed by atoms with Crippen LogP contribution in [-0.4, -0.2) is 55.9 Å². The molecule has 0 aromatic carbocycles. The summed E-state index contributed by atoms with van der Waals surface area (Å²) in [5, 5.41) is 15.6. The van der Waals surface area contributed by atoms with E-state index in [1.165, 1.54) is 18.5 Å². The molecule has 8 heteroatoms. The van der Waals surface area contributed by atoms with Crippen LogP contribution >= 0.6 is 11.3 Å². The summed E-state index contributed by atoms with van der Waals surface area (Å²) in [5.41, 5.74) is 3.94. The zero-order valence-corrected chi connectivity index (χ0v) is 14.9. The summed E-state index contributed by atoms with van der Waals surface area (Å²) in [5.74, 6) is 2.61. The van der Waals surface area contributed by atoms with Gasteiger partial charge in [0.25, 0.3) is 0 Å².